The van der Waals surface area contributed by atoms with E-state index in [0.717, 1.165) is 30.6 Å². The van der Waals surface area contributed by atoms with Gasteiger partial charge in [-0.25, -0.2) is 0 Å². The zero-order chi connectivity index (χ0) is 17.4. The van der Waals surface area contributed by atoms with Gasteiger partial charge in [-0.1, -0.05) is 12.1 Å². The number of hydrogen-bond acceptors (Lipinski definition) is 5. The molecule has 132 valence electrons. The van der Waals surface area contributed by atoms with Gasteiger partial charge in [-0.05, 0) is 18.1 Å². The molecule has 25 heavy (non-hydrogen) atoms. The largest absolute Gasteiger partial charge is 0.506 e. The van der Waals surface area contributed by atoms with E-state index >= 15 is 0 Å². The number of benzene rings is 1. The summed E-state index contributed by atoms with van der Waals surface area (Å²) in [4.78, 5) is 27.4. The minimum Gasteiger partial charge on any atom is -0.506 e. The number of aromatic nitrogens is 1. The Morgan fingerprint density at radius 1 is 1.24 bits per heavy atom. The number of rotatable bonds is 4. The fraction of sp³-hybridized carbons (Fsp3) is 0.444. The molecule has 2 N–H and O–H groups in total. The molecule has 0 saturated carbocycles. The Morgan fingerprint density at radius 2 is 2.04 bits per heavy atom. The molecule has 4 rings (SSSR count). The molecule has 2 aromatic rings. The zero-order valence-corrected chi connectivity index (χ0v) is 14.0. The van der Waals surface area contributed by atoms with Gasteiger partial charge >= 0.3 is 0 Å². The van der Waals surface area contributed by atoms with Crippen LogP contribution >= 0.6 is 0 Å². The van der Waals surface area contributed by atoms with Crippen LogP contribution in [0.4, 0.5) is 0 Å². The van der Waals surface area contributed by atoms with Crippen LogP contribution in [0.15, 0.2) is 23.0 Å². The summed E-state index contributed by atoms with van der Waals surface area (Å²) in [5.74, 6) is -0.734. The molecule has 1 saturated heterocycles. The highest BCUT2D eigenvalue weighted by Gasteiger charge is 2.25. The summed E-state index contributed by atoms with van der Waals surface area (Å²) < 4.78 is 6.89. The molecule has 0 bridgehead atoms. The molecule has 1 aromatic heterocycles. The molecule has 7 heteroatoms. The number of amides is 1. The molecular weight excluding hydrogens is 322 g/mol. The van der Waals surface area contributed by atoms with Crippen LogP contribution in [0.5, 0.6) is 5.75 Å². The molecule has 0 spiro atoms. The van der Waals surface area contributed by atoms with E-state index in [9.17, 15) is 14.7 Å². The third-order valence-electron chi connectivity index (χ3n) is 4.99. The van der Waals surface area contributed by atoms with Crippen LogP contribution in [0.1, 0.15) is 15.9 Å². The summed E-state index contributed by atoms with van der Waals surface area (Å²) in [5.41, 5.74) is 1.20. The lowest BCUT2D eigenvalue weighted by Crippen LogP contribution is -2.42. The summed E-state index contributed by atoms with van der Waals surface area (Å²) in [5, 5.41) is 13.9. The lowest BCUT2D eigenvalue weighted by Gasteiger charge is -2.26. The van der Waals surface area contributed by atoms with Gasteiger partial charge in [0.2, 0.25) is 0 Å². The van der Waals surface area contributed by atoms with Crippen LogP contribution in [0.2, 0.25) is 0 Å². The summed E-state index contributed by atoms with van der Waals surface area (Å²) in [7, 11) is 0. The molecular formula is C18H21N3O4. The predicted molar refractivity (Wildman–Crippen MR) is 93.2 cm³/mol. The van der Waals surface area contributed by atoms with Crippen molar-refractivity contribution < 1.29 is 14.6 Å². The molecule has 1 fully saturated rings. The van der Waals surface area contributed by atoms with E-state index in [4.69, 9.17) is 4.74 Å². The van der Waals surface area contributed by atoms with Crippen LogP contribution in [0, 0.1) is 0 Å². The Labute approximate surface area is 144 Å². The van der Waals surface area contributed by atoms with Gasteiger partial charge in [0, 0.05) is 38.1 Å². The Bertz CT molecular complexity index is 884. The second-order valence-electron chi connectivity index (χ2n) is 6.45. The van der Waals surface area contributed by atoms with E-state index in [1.807, 2.05) is 12.1 Å². The number of nitrogens with zero attached hydrogens (tertiary/aromatic N) is 2. The standard InChI is InChI=1S/C18H21N3O4/c22-16-13-3-1-2-12-4-6-21(15(12)13)18(24)14(16)17(23)19-5-7-20-8-10-25-11-9-20/h1-3,22H,4-11H2,(H,19,23). The highest BCUT2D eigenvalue weighted by molar-refractivity contribution is 6.03. The van der Waals surface area contributed by atoms with Crippen molar-refractivity contribution in [3.8, 4) is 5.75 Å². The van der Waals surface area contributed by atoms with E-state index in [0.29, 0.717) is 38.2 Å². The van der Waals surface area contributed by atoms with Crippen LogP contribution in [-0.2, 0) is 17.7 Å². The smallest absolute Gasteiger partial charge is 0.267 e. The van der Waals surface area contributed by atoms with E-state index < -0.39 is 11.5 Å². The maximum absolute atomic E-state index is 12.7. The first-order valence-electron chi connectivity index (χ1n) is 8.62. The van der Waals surface area contributed by atoms with Crippen molar-refractivity contribution in [2.24, 2.45) is 0 Å². The second-order valence-corrected chi connectivity index (χ2v) is 6.45. The van der Waals surface area contributed by atoms with Crippen molar-refractivity contribution in [1.82, 2.24) is 14.8 Å². The van der Waals surface area contributed by atoms with Crippen LogP contribution in [0.25, 0.3) is 10.9 Å². The van der Waals surface area contributed by atoms with Crippen LogP contribution < -0.4 is 10.9 Å². The highest BCUT2D eigenvalue weighted by atomic mass is 16.5. The Morgan fingerprint density at radius 3 is 2.84 bits per heavy atom. The van der Waals surface area contributed by atoms with Gasteiger partial charge in [0.25, 0.3) is 11.5 Å². The molecule has 0 unspecified atom stereocenters. The quantitative estimate of drug-likeness (QED) is 0.836. The molecule has 1 aromatic carbocycles. The second kappa shape index (κ2) is 6.50. The zero-order valence-electron chi connectivity index (χ0n) is 14.0. The molecule has 7 nitrogen and oxygen atoms in total. The number of para-hydroxylation sites is 1. The number of aryl methyl sites for hydroxylation is 2. The number of carbonyl (C=O) groups is 1. The minimum atomic E-state index is -0.515. The fourth-order valence-corrected chi connectivity index (χ4v) is 3.67. The lowest BCUT2D eigenvalue weighted by atomic mass is 10.1. The van der Waals surface area contributed by atoms with Gasteiger partial charge in [-0.2, -0.15) is 0 Å². The Hall–Kier alpha value is -2.38. The van der Waals surface area contributed by atoms with E-state index in [-0.39, 0.29) is 11.3 Å². The number of ether oxygens (including phenoxy) is 1. The first kappa shape index (κ1) is 16.1. The maximum atomic E-state index is 12.7. The number of morpholine rings is 1. The van der Waals surface area contributed by atoms with Gasteiger partial charge in [0.05, 0.1) is 18.7 Å². The molecule has 1 amide bonds. The first-order chi connectivity index (χ1) is 12.2. The molecule has 0 aliphatic carbocycles. The van der Waals surface area contributed by atoms with E-state index in [2.05, 4.69) is 10.2 Å². The van der Waals surface area contributed by atoms with Crippen LogP contribution in [0.3, 0.4) is 0 Å². The van der Waals surface area contributed by atoms with Gasteiger partial charge in [-0.3, -0.25) is 14.5 Å². The average molecular weight is 343 g/mol. The lowest BCUT2D eigenvalue weighted by molar-refractivity contribution is 0.0383. The fourth-order valence-electron chi connectivity index (χ4n) is 3.67. The molecule has 0 radical (unpaired) electrons. The monoisotopic (exact) mass is 343 g/mol. The van der Waals surface area contributed by atoms with Gasteiger partial charge < -0.3 is 19.7 Å². The third-order valence-corrected chi connectivity index (χ3v) is 4.99. The van der Waals surface area contributed by atoms with Gasteiger partial charge in [0.15, 0.2) is 0 Å². The van der Waals surface area contributed by atoms with Crippen molar-refractivity contribution in [2.75, 3.05) is 39.4 Å². The van der Waals surface area contributed by atoms with Crippen molar-refractivity contribution in [3.05, 3.63) is 39.7 Å². The third kappa shape index (κ3) is 2.79. The number of hydrogen-bond donors (Lipinski definition) is 2. The van der Waals surface area contributed by atoms with Crippen LogP contribution in [-0.4, -0.2) is 59.9 Å². The normalized spacial score (nSPS) is 17.1. The van der Waals surface area contributed by atoms with Crippen molar-refractivity contribution >= 4 is 16.8 Å². The number of nitrogens with one attached hydrogen (secondary N) is 1. The number of aromatic hydroxyl groups is 1. The van der Waals surface area contributed by atoms with Crippen molar-refractivity contribution in [3.63, 3.8) is 0 Å². The molecule has 2 aliphatic heterocycles. The topological polar surface area (TPSA) is 83.8 Å². The summed E-state index contributed by atoms with van der Waals surface area (Å²) in [6.07, 6.45) is 0.744. The van der Waals surface area contributed by atoms with E-state index in [1.54, 1.807) is 10.6 Å². The maximum Gasteiger partial charge on any atom is 0.267 e. The molecule has 3 heterocycles. The highest BCUT2D eigenvalue weighted by Crippen LogP contribution is 2.31. The summed E-state index contributed by atoms with van der Waals surface area (Å²) >= 11 is 0. The number of carbonyl (C=O) groups excluding carboxylic acids is 1. The van der Waals surface area contributed by atoms with Crippen molar-refractivity contribution in [1.29, 1.82) is 0 Å². The predicted octanol–water partition coefficient (Wildman–Crippen LogP) is 0.325. The molecule has 2 aliphatic rings. The Kier molecular flexibility index (Phi) is 4.19. The Balaban J connectivity index is 1.57. The van der Waals surface area contributed by atoms with Gasteiger partial charge in [0.1, 0.15) is 11.3 Å². The minimum absolute atomic E-state index is 0.159. The summed E-state index contributed by atoms with van der Waals surface area (Å²) in [6, 6.07) is 5.55. The SMILES string of the molecule is O=C(NCCN1CCOCC1)c1c(O)c2cccc3c2n(c1=O)CC3. The molecule has 0 atom stereocenters. The van der Waals surface area contributed by atoms with Gasteiger partial charge in [-0.15, -0.1) is 0 Å². The van der Waals surface area contributed by atoms with Crippen molar-refractivity contribution in [2.45, 2.75) is 13.0 Å². The van der Waals surface area contributed by atoms with E-state index in [1.165, 1.54) is 0 Å². The first-order valence-corrected chi connectivity index (χ1v) is 8.62. The number of pyridine rings is 1. The average Bonchev–Trinajstić information content (AvgIpc) is 3.06. The summed E-state index contributed by atoms with van der Waals surface area (Å²) in [6.45, 7) is 4.75.